The molecule has 3 aromatic rings. The van der Waals surface area contributed by atoms with Crippen LogP contribution in [0.15, 0.2) is 53.9 Å². The minimum absolute atomic E-state index is 0.0793. The number of anilines is 2. The Balaban J connectivity index is 1.58. The van der Waals surface area contributed by atoms with E-state index in [0.717, 1.165) is 28.3 Å². The molecular formula is C22H23N3O3S. The number of rotatable bonds is 7. The van der Waals surface area contributed by atoms with E-state index >= 15 is 0 Å². The number of benzene rings is 2. The lowest BCUT2D eigenvalue weighted by atomic mass is 10.0. The van der Waals surface area contributed by atoms with Crippen LogP contribution in [0.2, 0.25) is 0 Å². The summed E-state index contributed by atoms with van der Waals surface area (Å²) in [6, 6.07) is 15.1. The first-order valence-corrected chi connectivity index (χ1v) is 10.2. The van der Waals surface area contributed by atoms with Gasteiger partial charge in [-0.1, -0.05) is 44.2 Å². The van der Waals surface area contributed by atoms with Crippen molar-refractivity contribution in [1.29, 1.82) is 0 Å². The zero-order valence-corrected chi connectivity index (χ0v) is 17.4. The molecule has 6 nitrogen and oxygen atoms in total. The number of hydrogen-bond acceptors (Lipinski definition) is 5. The van der Waals surface area contributed by atoms with Gasteiger partial charge in [0.1, 0.15) is 5.75 Å². The lowest BCUT2D eigenvalue weighted by Crippen LogP contribution is -2.20. The molecule has 150 valence electrons. The zero-order valence-electron chi connectivity index (χ0n) is 16.6. The Bertz CT molecular complexity index is 997. The number of carbonyl (C=O) groups excluding carboxylic acids is 2. The monoisotopic (exact) mass is 409 g/mol. The van der Waals surface area contributed by atoms with Crippen molar-refractivity contribution in [3.8, 4) is 17.0 Å². The molecule has 0 aliphatic rings. The Kier molecular flexibility index (Phi) is 6.61. The lowest BCUT2D eigenvalue weighted by Gasteiger charge is -2.13. The molecule has 0 fully saturated rings. The second kappa shape index (κ2) is 9.34. The summed E-state index contributed by atoms with van der Waals surface area (Å²) >= 11 is 1.35. The third-order valence-corrected chi connectivity index (χ3v) is 4.91. The van der Waals surface area contributed by atoms with Crippen molar-refractivity contribution in [2.24, 2.45) is 0 Å². The predicted octanol–water partition coefficient (Wildman–Crippen LogP) is 4.91. The minimum atomic E-state index is -0.259. The van der Waals surface area contributed by atoms with Crippen LogP contribution in [-0.2, 0) is 9.59 Å². The number of ether oxygens (including phenoxy) is 1. The maximum Gasteiger partial charge on any atom is 0.264 e. The molecule has 0 spiro atoms. The SMILES string of the molecule is CC(=O)Nc1ccc(-c2csc(NC(=O)COc3ccccc3C(C)C)n2)cc1. The molecule has 2 aromatic carbocycles. The van der Waals surface area contributed by atoms with Crippen LogP contribution < -0.4 is 15.4 Å². The molecular weight excluding hydrogens is 386 g/mol. The molecule has 0 saturated carbocycles. The first kappa shape index (κ1) is 20.5. The number of aromatic nitrogens is 1. The van der Waals surface area contributed by atoms with Gasteiger partial charge in [0.05, 0.1) is 5.69 Å². The average molecular weight is 410 g/mol. The molecule has 0 aliphatic heterocycles. The molecule has 1 heterocycles. The van der Waals surface area contributed by atoms with E-state index < -0.39 is 0 Å². The van der Waals surface area contributed by atoms with Crippen LogP contribution in [0.3, 0.4) is 0 Å². The van der Waals surface area contributed by atoms with Crippen molar-refractivity contribution in [3.05, 3.63) is 59.5 Å². The van der Waals surface area contributed by atoms with Gasteiger partial charge in [0.2, 0.25) is 5.91 Å². The third-order valence-electron chi connectivity index (χ3n) is 4.15. The van der Waals surface area contributed by atoms with Crippen molar-refractivity contribution < 1.29 is 14.3 Å². The van der Waals surface area contributed by atoms with E-state index in [9.17, 15) is 9.59 Å². The fraction of sp³-hybridized carbons (Fsp3) is 0.227. The maximum absolute atomic E-state index is 12.3. The molecule has 29 heavy (non-hydrogen) atoms. The Labute approximate surface area is 173 Å². The highest BCUT2D eigenvalue weighted by Gasteiger charge is 2.11. The van der Waals surface area contributed by atoms with Gasteiger partial charge in [-0.2, -0.15) is 0 Å². The number of nitrogens with zero attached hydrogens (tertiary/aromatic N) is 1. The van der Waals surface area contributed by atoms with E-state index in [-0.39, 0.29) is 18.4 Å². The number of nitrogens with one attached hydrogen (secondary N) is 2. The van der Waals surface area contributed by atoms with E-state index in [1.165, 1.54) is 18.3 Å². The summed E-state index contributed by atoms with van der Waals surface area (Å²) in [6.45, 7) is 5.56. The van der Waals surface area contributed by atoms with Crippen LogP contribution in [0.25, 0.3) is 11.3 Å². The van der Waals surface area contributed by atoms with Crippen molar-refractivity contribution in [3.63, 3.8) is 0 Å². The summed E-state index contributed by atoms with van der Waals surface area (Å²) in [4.78, 5) is 27.8. The number of amides is 2. The van der Waals surface area contributed by atoms with Crippen LogP contribution in [-0.4, -0.2) is 23.4 Å². The molecule has 0 aliphatic carbocycles. The smallest absolute Gasteiger partial charge is 0.264 e. The number of carbonyl (C=O) groups is 2. The highest BCUT2D eigenvalue weighted by Crippen LogP contribution is 2.27. The van der Waals surface area contributed by atoms with Gasteiger partial charge in [-0.3, -0.25) is 14.9 Å². The van der Waals surface area contributed by atoms with Crippen LogP contribution in [0.5, 0.6) is 5.75 Å². The van der Waals surface area contributed by atoms with E-state index in [0.29, 0.717) is 11.0 Å². The average Bonchev–Trinajstić information content (AvgIpc) is 3.15. The van der Waals surface area contributed by atoms with Gasteiger partial charge in [-0.15, -0.1) is 11.3 Å². The molecule has 0 radical (unpaired) electrons. The standard InChI is InChI=1S/C22H23N3O3S/c1-14(2)18-6-4-5-7-20(18)28-12-21(27)25-22-24-19(13-29-22)16-8-10-17(11-9-16)23-15(3)26/h4-11,13-14H,12H2,1-3H3,(H,23,26)(H,24,25,27). The number of para-hydroxylation sites is 1. The highest BCUT2D eigenvalue weighted by atomic mass is 32.1. The van der Waals surface area contributed by atoms with Gasteiger partial charge in [0, 0.05) is 23.6 Å². The summed E-state index contributed by atoms with van der Waals surface area (Å²) in [5.41, 5.74) is 3.45. The van der Waals surface area contributed by atoms with Crippen LogP contribution in [0.1, 0.15) is 32.3 Å². The predicted molar refractivity (Wildman–Crippen MR) is 117 cm³/mol. The first-order chi connectivity index (χ1) is 13.9. The lowest BCUT2D eigenvalue weighted by molar-refractivity contribution is -0.118. The van der Waals surface area contributed by atoms with Gasteiger partial charge in [0.25, 0.3) is 5.91 Å². The quantitative estimate of drug-likeness (QED) is 0.581. The minimum Gasteiger partial charge on any atom is -0.483 e. The van der Waals surface area contributed by atoms with Crippen LogP contribution in [0, 0.1) is 0 Å². The van der Waals surface area contributed by atoms with Gasteiger partial charge in [0.15, 0.2) is 11.7 Å². The fourth-order valence-corrected chi connectivity index (χ4v) is 3.51. The Morgan fingerprint density at radius 3 is 2.48 bits per heavy atom. The zero-order chi connectivity index (χ0) is 20.8. The summed E-state index contributed by atoms with van der Waals surface area (Å²) in [7, 11) is 0. The van der Waals surface area contributed by atoms with Crippen LogP contribution in [0.4, 0.5) is 10.8 Å². The van der Waals surface area contributed by atoms with Gasteiger partial charge in [-0.05, 0) is 29.7 Å². The molecule has 0 bridgehead atoms. The summed E-state index contributed by atoms with van der Waals surface area (Å²) in [6.07, 6.45) is 0. The van der Waals surface area contributed by atoms with Gasteiger partial charge < -0.3 is 10.1 Å². The summed E-state index contributed by atoms with van der Waals surface area (Å²) in [5.74, 6) is 0.657. The second-order valence-electron chi connectivity index (χ2n) is 6.83. The van der Waals surface area contributed by atoms with Crippen molar-refractivity contribution in [2.45, 2.75) is 26.7 Å². The molecule has 0 saturated heterocycles. The summed E-state index contributed by atoms with van der Waals surface area (Å²) < 4.78 is 5.70. The van der Waals surface area contributed by atoms with Crippen molar-refractivity contribution in [2.75, 3.05) is 17.2 Å². The van der Waals surface area contributed by atoms with E-state index in [1.54, 1.807) is 0 Å². The summed E-state index contributed by atoms with van der Waals surface area (Å²) in [5, 5.41) is 7.88. The Morgan fingerprint density at radius 1 is 1.07 bits per heavy atom. The largest absolute Gasteiger partial charge is 0.483 e. The molecule has 1 aromatic heterocycles. The number of hydrogen-bond donors (Lipinski definition) is 2. The fourth-order valence-electron chi connectivity index (χ4n) is 2.78. The first-order valence-electron chi connectivity index (χ1n) is 9.27. The highest BCUT2D eigenvalue weighted by molar-refractivity contribution is 7.14. The molecule has 0 atom stereocenters. The molecule has 3 rings (SSSR count). The van der Waals surface area contributed by atoms with E-state index in [2.05, 4.69) is 29.5 Å². The maximum atomic E-state index is 12.3. The van der Waals surface area contributed by atoms with Crippen molar-refractivity contribution in [1.82, 2.24) is 4.98 Å². The van der Waals surface area contributed by atoms with Gasteiger partial charge >= 0.3 is 0 Å². The third kappa shape index (κ3) is 5.65. The molecule has 7 heteroatoms. The molecule has 0 unspecified atom stereocenters. The Hall–Kier alpha value is -3.19. The normalized spacial score (nSPS) is 10.6. The van der Waals surface area contributed by atoms with Crippen molar-refractivity contribution >= 4 is 34.0 Å². The second-order valence-corrected chi connectivity index (χ2v) is 7.68. The Morgan fingerprint density at radius 2 is 1.79 bits per heavy atom. The number of thiazole rings is 1. The molecule has 2 N–H and O–H groups in total. The van der Waals surface area contributed by atoms with E-state index in [4.69, 9.17) is 4.74 Å². The topological polar surface area (TPSA) is 80.3 Å². The molecule has 2 amide bonds. The van der Waals surface area contributed by atoms with Gasteiger partial charge in [-0.25, -0.2) is 4.98 Å². The van der Waals surface area contributed by atoms with E-state index in [1.807, 2.05) is 53.9 Å². The van der Waals surface area contributed by atoms with Crippen LogP contribution >= 0.6 is 11.3 Å².